The Morgan fingerprint density at radius 2 is 2.23 bits per heavy atom. The Morgan fingerprint density at radius 3 is 2.69 bits per heavy atom. The number of carbonyl (C=O) groups excluding carboxylic acids is 1. The van der Waals surface area contributed by atoms with Crippen LogP contribution >= 0.6 is 12.4 Å². The molecule has 1 aliphatic rings. The first-order valence-electron chi connectivity index (χ1n) is 4.37. The van der Waals surface area contributed by atoms with E-state index >= 15 is 0 Å². The van der Waals surface area contributed by atoms with Crippen molar-refractivity contribution < 1.29 is 4.79 Å². The van der Waals surface area contributed by atoms with Crippen LogP contribution in [0.5, 0.6) is 0 Å². The van der Waals surface area contributed by atoms with Crippen molar-refractivity contribution in [1.82, 2.24) is 10.6 Å². The van der Waals surface area contributed by atoms with E-state index in [9.17, 15) is 4.79 Å². The molecule has 0 aromatic heterocycles. The van der Waals surface area contributed by atoms with Crippen LogP contribution in [0.25, 0.3) is 0 Å². The smallest absolute Gasteiger partial charge is 0.315 e. The number of halogens is 1. The van der Waals surface area contributed by atoms with E-state index in [-0.39, 0.29) is 18.4 Å². The predicted octanol–water partition coefficient (Wildman–Crippen LogP) is 1.69. The Hall–Kier alpha value is -0.700. The number of urea groups is 1. The molecule has 1 saturated carbocycles. The van der Waals surface area contributed by atoms with Crippen molar-refractivity contribution in [3.8, 4) is 0 Å². The van der Waals surface area contributed by atoms with Gasteiger partial charge in [-0.15, -0.1) is 19.0 Å². The molecule has 76 valence electrons. The van der Waals surface area contributed by atoms with Crippen molar-refractivity contribution in [2.24, 2.45) is 5.92 Å². The van der Waals surface area contributed by atoms with E-state index in [1.165, 1.54) is 0 Å². The lowest BCUT2D eigenvalue weighted by molar-refractivity contribution is 0.211. The van der Waals surface area contributed by atoms with Crippen LogP contribution in [0.3, 0.4) is 0 Å². The summed E-state index contributed by atoms with van der Waals surface area (Å²) in [6, 6.07) is 0.316. The minimum Gasteiger partial charge on any atom is -0.335 e. The van der Waals surface area contributed by atoms with Crippen molar-refractivity contribution in [3.63, 3.8) is 0 Å². The van der Waals surface area contributed by atoms with Crippen LogP contribution in [0.1, 0.15) is 19.8 Å². The molecule has 0 spiro atoms. The molecule has 1 fully saturated rings. The van der Waals surface area contributed by atoms with Crippen molar-refractivity contribution >= 4 is 18.4 Å². The molecule has 3 nitrogen and oxygen atoms in total. The first-order chi connectivity index (χ1) is 5.72. The lowest BCUT2D eigenvalue weighted by atomic mass is 9.82. The summed E-state index contributed by atoms with van der Waals surface area (Å²) < 4.78 is 0. The van der Waals surface area contributed by atoms with Crippen LogP contribution < -0.4 is 10.6 Å². The maximum Gasteiger partial charge on any atom is 0.315 e. The van der Waals surface area contributed by atoms with Gasteiger partial charge in [-0.05, 0) is 18.8 Å². The van der Waals surface area contributed by atoms with Crippen molar-refractivity contribution in [2.45, 2.75) is 25.8 Å². The third kappa shape index (κ3) is 4.18. The molecule has 0 aromatic carbocycles. The van der Waals surface area contributed by atoms with Gasteiger partial charge in [-0.3, -0.25) is 0 Å². The fourth-order valence-corrected chi connectivity index (χ4v) is 1.42. The highest BCUT2D eigenvalue weighted by molar-refractivity contribution is 5.85. The van der Waals surface area contributed by atoms with Crippen molar-refractivity contribution in [2.75, 3.05) is 6.54 Å². The molecule has 0 unspecified atom stereocenters. The van der Waals surface area contributed by atoms with E-state index in [1.807, 2.05) is 0 Å². The summed E-state index contributed by atoms with van der Waals surface area (Å²) in [6.07, 6.45) is 3.89. The highest BCUT2D eigenvalue weighted by atomic mass is 35.5. The minimum absolute atomic E-state index is 0. The van der Waals surface area contributed by atoms with Gasteiger partial charge in [-0.25, -0.2) is 4.79 Å². The van der Waals surface area contributed by atoms with Gasteiger partial charge in [0, 0.05) is 12.6 Å². The van der Waals surface area contributed by atoms with Crippen molar-refractivity contribution in [3.05, 3.63) is 12.7 Å². The van der Waals surface area contributed by atoms with Gasteiger partial charge in [0.25, 0.3) is 0 Å². The van der Waals surface area contributed by atoms with Crippen LogP contribution in [0, 0.1) is 5.92 Å². The number of rotatable bonds is 3. The predicted molar refractivity (Wildman–Crippen MR) is 56.2 cm³/mol. The molecule has 0 heterocycles. The molecule has 0 saturated heterocycles. The SMILES string of the molecule is C=CCNC(=O)NC1CC(C)C1.Cl. The highest BCUT2D eigenvalue weighted by Crippen LogP contribution is 2.25. The van der Waals surface area contributed by atoms with Crippen LogP contribution in [-0.4, -0.2) is 18.6 Å². The van der Waals surface area contributed by atoms with Crippen LogP contribution in [-0.2, 0) is 0 Å². The van der Waals surface area contributed by atoms with Gasteiger partial charge in [0.2, 0.25) is 0 Å². The molecule has 1 aliphatic carbocycles. The van der Waals surface area contributed by atoms with Gasteiger partial charge in [-0.1, -0.05) is 13.0 Å². The molecule has 13 heavy (non-hydrogen) atoms. The number of nitrogens with one attached hydrogen (secondary N) is 2. The molecular formula is C9H17ClN2O. The number of hydrogen-bond acceptors (Lipinski definition) is 1. The van der Waals surface area contributed by atoms with E-state index in [0.29, 0.717) is 12.6 Å². The highest BCUT2D eigenvalue weighted by Gasteiger charge is 2.26. The molecule has 0 aliphatic heterocycles. The first-order valence-corrected chi connectivity index (χ1v) is 4.37. The van der Waals surface area contributed by atoms with Crippen LogP contribution in [0.4, 0.5) is 4.79 Å². The molecule has 2 amide bonds. The van der Waals surface area contributed by atoms with Gasteiger partial charge < -0.3 is 10.6 Å². The number of hydrogen-bond donors (Lipinski definition) is 2. The fraction of sp³-hybridized carbons (Fsp3) is 0.667. The van der Waals surface area contributed by atoms with Gasteiger partial charge in [-0.2, -0.15) is 0 Å². The largest absolute Gasteiger partial charge is 0.335 e. The Bertz CT molecular complexity index is 178. The Balaban J connectivity index is 0.00000144. The topological polar surface area (TPSA) is 41.1 Å². The van der Waals surface area contributed by atoms with E-state index < -0.39 is 0 Å². The Labute approximate surface area is 85.4 Å². The average molecular weight is 205 g/mol. The number of amides is 2. The molecular weight excluding hydrogens is 188 g/mol. The Morgan fingerprint density at radius 1 is 1.62 bits per heavy atom. The molecule has 0 atom stereocenters. The monoisotopic (exact) mass is 204 g/mol. The summed E-state index contributed by atoms with van der Waals surface area (Å²) >= 11 is 0. The molecule has 0 aromatic rings. The summed E-state index contributed by atoms with van der Waals surface area (Å²) in [6.45, 7) is 6.25. The fourth-order valence-electron chi connectivity index (χ4n) is 1.42. The van der Waals surface area contributed by atoms with Gasteiger partial charge in [0.15, 0.2) is 0 Å². The molecule has 4 heteroatoms. The average Bonchev–Trinajstić information content (AvgIpc) is 1.98. The summed E-state index contributed by atoms with van der Waals surface area (Å²) in [7, 11) is 0. The lowest BCUT2D eigenvalue weighted by Crippen LogP contribution is -2.47. The van der Waals surface area contributed by atoms with E-state index in [0.717, 1.165) is 18.8 Å². The van der Waals surface area contributed by atoms with E-state index in [2.05, 4.69) is 24.1 Å². The second-order valence-electron chi connectivity index (χ2n) is 3.42. The molecule has 0 radical (unpaired) electrons. The van der Waals surface area contributed by atoms with Gasteiger partial charge in [0.05, 0.1) is 0 Å². The molecule has 1 rings (SSSR count). The second kappa shape index (κ2) is 5.86. The second-order valence-corrected chi connectivity index (χ2v) is 3.42. The third-order valence-electron chi connectivity index (χ3n) is 2.12. The van der Waals surface area contributed by atoms with Crippen LogP contribution in [0.15, 0.2) is 12.7 Å². The minimum atomic E-state index is -0.0770. The maximum absolute atomic E-state index is 11.0. The Kier molecular flexibility index (Phi) is 5.55. The third-order valence-corrected chi connectivity index (χ3v) is 2.12. The molecule has 2 N–H and O–H groups in total. The number of carbonyl (C=O) groups is 1. The zero-order chi connectivity index (χ0) is 8.97. The van der Waals surface area contributed by atoms with E-state index in [1.54, 1.807) is 6.08 Å². The summed E-state index contributed by atoms with van der Waals surface area (Å²) in [5.41, 5.74) is 0. The van der Waals surface area contributed by atoms with Crippen LogP contribution in [0.2, 0.25) is 0 Å². The molecule has 0 bridgehead atoms. The standard InChI is InChI=1S/C9H16N2O.ClH/c1-3-4-10-9(12)11-8-5-7(2)6-8;/h3,7-8H,1,4-6H2,2H3,(H2,10,11,12);1H. The zero-order valence-electron chi connectivity index (χ0n) is 7.88. The first kappa shape index (κ1) is 12.3. The normalized spacial score (nSPS) is 25.0. The zero-order valence-corrected chi connectivity index (χ0v) is 8.69. The lowest BCUT2D eigenvalue weighted by Gasteiger charge is -2.33. The van der Waals surface area contributed by atoms with Gasteiger partial charge in [0.1, 0.15) is 0 Å². The van der Waals surface area contributed by atoms with Gasteiger partial charge >= 0.3 is 6.03 Å². The maximum atomic E-state index is 11.0. The van der Waals surface area contributed by atoms with Crippen molar-refractivity contribution in [1.29, 1.82) is 0 Å². The summed E-state index contributed by atoms with van der Waals surface area (Å²) in [4.78, 5) is 11.0. The quantitative estimate of drug-likeness (QED) is 0.675. The summed E-state index contributed by atoms with van der Waals surface area (Å²) in [5, 5.41) is 5.56. The summed E-state index contributed by atoms with van der Waals surface area (Å²) in [5.74, 6) is 0.773. The van der Waals surface area contributed by atoms with E-state index in [4.69, 9.17) is 0 Å².